The van der Waals surface area contributed by atoms with Crippen molar-refractivity contribution in [1.29, 1.82) is 0 Å². The third-order valence-corrected chi connectivity index (χ3v) is 6.81. The van der Waals surface area contributed by atoms with Crippen LogP contribution in [0.1, 0.15) is 38.5 Å². The molecule has 0 radical (unpaired) electrons. The molecule has 0 heterocycles. The van der Waals surface area contributed by atoms with Crippen LogP contribution in [0.25, 0.3) is 0 Å². The molecule has 2 amide bonds. The monoisotopic (exact) mass is 378 g/mol. The SMILES string of the molecule is COc1cc(NC(=O)NCC23CC4CC(CC(C4)C2)C3)c(OC)cc1Cl. The first-order chi connectivity index (χ1) is 12.5. The molecule has 4 fully saturated rings. The Kier molecular flexibility index (Phi) is 4.68. The molecule has 6 heteroatoms. The second-order valence-electron chi connectivity index (χ2n) is 8.41. The second-order valence-corrected chi connectivity index (χ2v) is 8.82. The fourth-order valence-corrected chi connectivity index (χ4v) is 6.13. The Morgan fingerprint density at radius 1 is 1.08 bits per heavy atom. The molecule has 4 bridgehead atoms. The van der Waals surface area contributed by atoms with Crippen LogP contribution in [0.4, 0.5) is 10.5 Å². The summed E-state index contributed by atoms with van der Waals surface area (Å²) in [5.74, 6) is 3.66. The van der Waals surface area contributed by atoms with Gasteiger partial charge < -0.3 is 20.1 Å². The molecule has 0 atom stereocenters. The molecular formula is C20H27ClN2O3. The maximum absolute atomic E-state index is 12.5. The molecule has 26 heavy (non-hydrogen) atoms. The Balaban J connectivity index is 1.40. The van der Waals surface area contributed by atoms with Crippen molar-refractivity contribution in [2.45, 2.75) is 38.5 Å². The number of anilines is 1. The third kappa shape index (κ3) is 3.34. The van der Waals surface area contributed by atoms with Crippen LogP contribution < -0.4 is 20.1 Å². The molecular weight excluding hydrogens is 352 g/mol. The van der Waals surface area contributed by atoms with Crippen molar-refractivity contribution in [3.63, 3.8) is 0 Å². The normalized spacial score (nSPS) is 31.6. The summed E-state index contributed by atoms with van der Waals surface area (Å²) >= 11 is 6.12. The van der Waals surface area contributed by atoms with E-state index in [9.17, 15) is 4.79 Å². The van der Waals surface area contributed by atoms with Gasteiger partial charge in [0.15, 0.2) is 0 Å². The third-order valence-electron chi connectivity index (χ3n) is 6.51. The first kappa shape index (κ1) is 17.8. The summed E-state index contributed by atoms with van der Waals surface area (Å²) in [6.45, 7) is 0.759. The van der Waals surface area contributed by atoms with Gasteiger partial charge in [-0.15, -0.1) is 0 Å². The van der Waals surface area contributed by atoms with Crippen LogP contribution in [0, 0.1) is 23.2 Å². The van der Waals surface area contributed by atoms with E-state index in [1.54, 1.807) is 26.4 Å². The van der Waals surface area contributed by atoms with Crippen LogP contribution >= 0.6 is 11.6 Å². The molecule has 5 rings (SSSR count). The van der Waals surface area contributed by atoms with Gasteiger partial charge in [-0.2, -0.15) is 0 Å². The largest absolute Gasteiger partial charge is 0.495 e. The van der Waals surface area contributed by atoms with Crippen LogP contribution in [0.3, 0.4) is 0 Å². The zero-order chi connectivity index (χ0) is 18.3. The highest BCUT2D eigenvalue weighted by Gasteiger charge is 2.50. The lowest BCUT2D eigenvalue weighted by atomic mass is 9.49. The predicted octanol–water partition coefficient (Wildman–Crippen LogP) is 4.70. The summed E-state index contributed by atoms with van der Waals surface area (Å²) in [4.78, 5) is 12.5. The Labute approximate surface area is 159 Å². The number of hydrogen-bond donors (Lipinski definition) is 2. The number of urea groups is 1. The number of nitrogens with one attached hydrogen (secondary N) is 2. The van der Waals surface area contributed by atoms with Crippen molar-refractivity contribution in [3.05, 3.63) is 17.2 Å². The standard InChI is InChI=1S/C20H27ClN2O3/c1-25-17-7-16(18(26-2)6-15(17)21)23-19(24)22-11-20-8-12-3-13(9-20)5-14(4-12)10-20/h6-7,12-14H,3-5,8-11H2,1-2H3,(H2,22,23,24). The molecule has 0 aliphatic heterocycles. The molecule has 1 aromatic carbocycles. The highest BCUT2D eigenvalue weighted by Crippen LogP contribution is 2.59. The molecule has 0 saturated heterocycles. The Bertz CT molecular complexity index is 671. The number of methoxy groups -OCH3 is 2. The minimum Gasteiger partial charge on any atom is -0.495 e. The van der Waals surface area contributed by atoms with E-state index in [1.165, 1.54) is 38.5 Å². The lowest BCUT2D eigenvalue weighted by molar-refractivity contribution is -0.0496. The van der Waals surface area contributed by atoms with E-state index in [1.807, 2.05) is 0 Å². The van der Waals surface area contributed by atoms with Gasteiger partial charge >= 0.3 is 6.03 Å². The van der Waals surface area contributed by atoms with Crippen molar-refractivity contribution in [3.8, 4) is 11.5 Å². The number of halogens is 1. The molecule has 1 aromatic rings. The highest BCUT2D eigenvalue weighted by atomic mass is 35.5. The number of amides is 2. The van der Waals surface area contributed by atoms with Crippen LogP contribution in [0.5, 0.6) is 11.5 Å². The number of carbonyl (C=O) groups is 1. The van der Waals surface area contributed by atoms with Crippen molar-refractivity contribution in [2.24, 2.45) is 23.2 Å². The average Bonchev–Trinajstić information content (AvgIpc) is 2.60. The molecule has 4 saturated carbocycles. The summed E-state index contributed by atoms with van der Waals surface area (Å²) in [6, 6.07) is 3.13. The van der Waals surface area contributed by atoms with E-state index in [-0.39, 0.29) is 6.03 Å². The van der Waals surface area contributed by atoms with Crippen LogP contribution in [0.2, 0.25) is 5.02 Å². The van der Waals surface area contributed by atoms with Crippen molar-refractivity contribution < 1.29 is 14.3 Å². The molecule has 4 aliphatic carbocycles. The summed E-state index contributed by atoms with van der Waals surface area (Å²) in [6.07, 6.45) is 8.06. The molecule has 2 N–H and O–H groups in total. The van der Waals surface area contributed by atoms with Gasteiger partial charge in [-0.25, -0.2) is 4.79 Å². The van der Waals surface area contributed by atoms with Crippen LogP contribution in [-0.2, 0) is 0 Å². The van der Waals surface area contributed by atoms with Gasteiger partial charge in [-0.1, -0.05) is 11.6 Å². The van der Waals surface area contributed by atoms with Crippen LogP contribution in [0.15, 0.2) is 12.1 Å². The first-order valence-corrected chi connectivity index (χ1v) is 9.84. The Morgan fingerprint density at radius 3 is 2.19 bits per heavy atom. The summed E-state index contributed by atoms with van der Waals surface area (Å²) in [7, 11) is 3.10. The van der Waals surface area contributed by atoms with Gasteiger partial charge in [0.25, 0.3) is 0 Å². The summed E-state index contributed by atoms with van der Waals surface area (Å²) in [5.41, 5.74) is 0.866. The van der Waals surface area contributed by atoms with E-state index in [0.29, 0.717) is 27.6 Å². The number of carbonyl (C=O) groups excluding carboxylic acids is 1. The van der Waals surface area contributed by atoms with E-state index < -0.39 is 0 Å². The van der Waals surface area contributed by atoms with E-state index >= 15 is 0 Å². The Morgan fingerprint density at radius 2 is 1.65 bits per heavy atom. The maximum Gasteiger partial charge on any atom is 0.319 e. The van der Waals surface area contributed by atoms with Crippen molar-refractivity contribution in [2.75, 3.05) is 26.1 Å². The van der Waals surface area contributed by atoms with E-state index in [2.05, 4.69) is 10.6 Å². The molecule has 0 spiro atoms. The topological polar surface area (TPSA) is 59.6 Å². The number of benzene rings is 1. The summed E-state index contributed by atoms with van der Waals surface area (Å²) in [5, 5.41) is 6.44. The smallest absolute Gasteiger partial charge is 0.319 e. The van der Waals surface area contributed by atoms with Gasteiger partial charge in [0.1, 0.15) is 11.5 Å². The predicted molar refractivity (Wildman–Crippen MR) is 102 cm³/mol. The summed E-state index contributed by atoms with van der Waals surface area (Å²) < 4.78 is 10.6. The molecule has 4 aliphatic rings. The number of rotatable bonds is 5. The molecule has 0 aromatic heterocycles. The highest BCUT2D eigenvalue weighted by molar-refractivity contribution is 6.32. The second kappa shape index (κ2) is 6.84. The van der Waals surface area contributed by atoms with Gasteiger partial charge in [-0.3, -0.25) is 0 Å². The molecule has 142 valence electrons. The minimum atomic E-state index is -0.205. The van der Waals surface area contributed by atoms with Gasteiger partial charge in [-0.05, 0) is 61.7 Å². The quantitative estimate of drug-likeness (QED) is 0.781. The minimum absolute atomic E-state index is 0.205. The number of hydrogen-bond acceptors (Lipinski definition) is 3. The number of ether oxygens (including phenoxy) is 2. The zero-order valence-corrected chi connectivity index (χ0v) is 16.2. The molecule has 5 nitrogen and oxygen atoms in total. The maximum atomic E-state index is 12.5. The fourth-order valence-electron chi connectivity index (χ4n) is 5.90. The first-order valence-electron chi connectivity index (χ1n) is 9.46. The van der Waals surface area contributed by atoms with Gasteiger partial charge in [0.05, 0.1) is 24.9 Å². The van der Waals surface area contributed by atoms with Crippen LogP contribution in [-0.4, -0.2) is 26.8 Å². The fraction of sp³-hybridized carbons (Fsp3) is 0.650. The lowest BCUT2D eigenvalue weighted by Crippen LogP contribution is -2.51. The van der Waals surface area contributed by atoms with Gasteiger partial charge in [0.2, 0.25) is 0 Å². The van der Waals surface area contributed by atoms with Crippen molar-refractivity contribution in [1.82, 2.24) is 5.32 Å². The lowest BCUT2D eigenvalue weighted by Gasteiger charge is -2.56. The van der Waals surface area contributed by atoms with E-state index in [4.69, 9.17) is 21.1 Å². The average molecular weight is 379 g/mol. The van der Waals surface area contributed by atoms with Gasteiger partial charge in [0, 0.05) is 18.7 Å². The van der Waals surface area contributed by atoms with E-state index in [0.717, 1.165) is 24.3 Å². The van der Waals surface area contributed by atoms with Crippen molar-refractivity contribution >= 4 is 23.3 Å². The molecule has 0 unspecified atom stereocenters. The Hall–Kier alpha value is -1.62. The zero-order valence-electron chi connectivity index (χ0n) is 15.4.